The van der Waals surface area contributed by atoms with Gasteiger partial charge < -0.3 is 4.74 Å². The van der Waals surface area contributed by atoms with Crippen LogP contribution in [-0.4, -0.2) is 17.6 Å². The van der Waals surface area contributed by atoms with Crippen LogP contribution < -0.4 is 0 Å². The standard InChI is InChI=1S/C9H16OS/c1-2-10-7-6-9-5-3-4-8-11-9/h2,9H,1,3-8H2. The molecule has 1 fully saturated rings. The highest BCUT2D eigenvalue weighted by molar-refractivity contribution is 7.99. The molecule has 1 nitrogen and oxygen atoms in total. The third-order valence-corrected chi connectivity index (χ3v) is 3.42. The van der Waals surface area contributed by atoms with E-state index in [0.717, 1.165) is 11.9 Å². The zero-order valence-corrected chi connectivity index (χ0v) is 7.74. The molecule has 0 amide bonds. The smallest absolute Gasteiger partial charge is 0.0883 e. The Bertz CT molecular complexity index is 108. The van der Waals surface area contributed by atoms with Crippen molar-refractivity contribution in [3.05, 3.63) is 12.8 Å². The molecular formula is C9H16OS. The Morgan fingerprint density at radius 2 is 2.45 bits per heavy atom. The number of hydrogen-bond acceptors (Lipinski definition) is 2. The zero-order valence-electron chi connectivity index (χ0n) is 6.92. The lowest BCUT2D eigenvalue weighted by atomic mass is 10.1. The van der Waals surface area contributed by atoms with Crippen LogP contribution in [0.4, 0.5) is 0 Å². The Morgan fingerprint density at radius 3 is 3.09 bits per heavy atom. The van der Waals surface area contributed by atoms with Crippen LogP contribution >= 0.6 is 11.8 Å². The molecule has 0 radical (unpaired) electrons. The summed E-state index contributed by atoms with van der Waals surface area (Å²) in [5.41, 5.74) is 0. The van der Waals surface area contributed by atoms with Gasteiger partial charge in [0.15, 0.2) is 0 Å². The third-order valence-electron chi connectivity index (χ3n) is 1.95. The molecule has 0 bridgehead atoms. The molecule has 64 valence electrons. The highest BCUT2D eigenvalue weighted by Crippen LogP contribution is 2.27. The molecule has 0 N–H and O–H groups in total. The molecule has 0 saturated carbocycles. The lowest BCUT2D eigenvalue weighted by Crippen LogP contribution is -2.11. The average Bonchev–Trinajstić information content (AvgIpc) is 2.07. The topological polar surface area (TPSA) is 9.23 Å². The minimum atomic E-state index is 0.848. The first-order valence-electron chi connectivity index (χ1n) is 4.27. The van der Waals surface area contributed by atoms with Crippen molar-refractivity contribution in [1.82, 2.24) is 0 Å². The van der Waals surface area contributed by atoms with Gasteiger partial charge in [0.05, 0.1) is 12.9 Å². The molecule has 1 aliphatic heterocycles. The minimum absolute atomic E-state index is 0.848. The molecule has 2 heteroatoms. The van der Waals surface area contributed by atoms with Crippen molar-refractivity contribution < 1.29 is 4.74 Å². The van der Waals surface area contributed by atoms with E-state index in [4.69, 9.17) is 4.74 Å². The van der Waals surface area contributed by atoms with Crippen molar-refractivity contribution in [3.8, 4) is 0 Å². The first-order chi connectivity index (χ1) is 5.43. The molecule has 1 heterocycles. The van der Waals surface area contributed by atoms with Crippen molar-refractivity contribution in [2.45, 2.75) is 30.9 Å². The maximum Gasteiger partial charge on any atom is 0.0883 e. The molecule has 0 aromatic heterocycles. The minimum Gasteiger partial charge on any atom is -0.502 e. The van der Waals surface area contributed by atoms with E-state index in [1.807, 2.05) is 0 Å². The molecular weight excluding hydrogens is 156 g/mol. The monoisotopic (exact) mass is 172 g/mol. The molecule has 0 aliphatic carbocycles. The Balaban J connectivity index is 2.00. The Hall–Kier alpha value is -0.110. The van der Waals surface area contributed by atoms with Gasteiger partial charge in [0.1, 0.15) is 0 Å². The molecule has 11 heavy (non-hydrogen) atoms. The van der Waals surface area contributed by atoms with Crippen LogP contribution in [0.1, 0.15) is 25.7 Å². The fraction of sp³-hybridized carbons (Fsp3) is 0.778. The van der Waals surface area contributed by atoms with Crippen molar-refractivity contribution in [1.29, 1.82) is 0 Å². The van der Waals surface area contributed by atoms with Crippen LogP contribution in [0.25, 0.3) is 0 Å². The second-order valence-electron chi connectivity index (χ2n) is 2.81. The predicted octanol–water partition coefficient (Wildman–Crippen LogP) is 2.82. The zero-order chi connectivity index (χ0) is 7.94. The van der Waals surface area contributed by atoms with E-state index in [1.165, 1.54) is 37.7 Å². The summed E-state index contributed by atoms with van der Waals surface area (Å²) in [5, 5.41) is 0.851. The SMILES string of the molecule is C=COCCC1CCCCS1. The lowest BCUT2D eigenvalue weighted by Gasteiger charge is -2.20. The average molecular weight is 172 g/mol. The van der Waals surface area contributed by atoms with Crippen LogP contribution in [0.2, 0.25) is 0 Å². The van der Waals surface area contributed by atoms with Crippen molar-refractivity contribution in [2.24, 2.45) is 0 Å². The van der Waals surface area contributed by atoms with Gasteiger partial charge in [-0.25, -0.2) is 0 Å². The number of rotatable bonds is 4. The third kappa shape index (κ3) is 3.71. The van der Waals surface area contributed by atoms with Gasteiger partial charge in [-0.15, -0.1) is 0 Å². The molecule has 0 aromatic rings. The first kappa shape index (κ1) is 8.98. The quantitative estimate of drug-likeness (QED) is 0.476. The number of thioether (sulfide) groups is 1. The summed E-state index contributed by atoms with van der Waals surface area (Å²) in [4.78, 5) is 0. The second-order valence-corrected chi connectivity index (χ2v) is 4.22. The van der Waals surface area contributed by atoms with Crippen molar-refractivity contribution in [2.75, 3.05) is 12.4 Å². The van der Waals surface area contributed by atoms with Crippen molar-refractivity contribution in [3.63, 3.8) is 0 Å². The molecule has 1 rings (SSSR count). The van der Waals surface area contributed by atoms with Crippen LogP contribution in [0, 0.1) is 0 Å². The maximum atomic E-state index is 5.09. The van der Waals surface area contributed by atoms with Gasteiger partial charge >= 0.3 is 0 Å². The van der Waals surface area contributed by atoms with E-state index in [-0.39, 0.29) is 0 Å². The summed E-state index contributed by atoms with van der Waals surface area (Å²) in [6.07, 6.45) is 6.92. The van der Waals surface area contributed by atoms with E-state index < -0.39 is 0 Å². The molecule has 1 aliphatic rings. The molecule has 1 atom stereocenters. The van der Waals surface area contributed by atoms with Gasteiger partial charge in [-0.1, -0.05) is 13.0 Å². The highest BCUT2D eigenvalue weighted by Gasteiger charge is 2.12. The van der Waals surface area contributed by atoms with Crippen LogP contribution in [0.5, 0.6) is 0 Å². The normalized spacial score (nSPS) is 24.5. The van der Waals surface area contributed by atoms with E-state index in [2.05, 4.69) is 18.3 Å². The Labute approximate surface area is 73.2 Å². The van der Waals surface area contributed by atoms with E-state index >= 15 is 0 Å². The van der Waals surface area contributed by atoms with Crippen LogP contribution in [-0.2, 0) is 4.74 Å². The highest BCUT2D eigenvalue weighted by atomic mass is 32.2. The van der Waals surface area contributed by atoms with Gasteiger partial charge in [0.25, 0.3) is 0 Å². The summed E-state index contributed by atoms with van der Waals surface area (Å²) < 4.78 is 5.09. The molecule has 1 unspecified atom stereocenters. The number of ether oxygens (including phenoxy) is 1. The van der Waals surface area contributed by atoms with E-state index in [1.54, 1.807) is 0 Å². The summed E-state index contributed by atoms with van der Waals surface area (Å²) in [5.74, 6) is 1.35. The molecule has 1 saturated heterocycles. The maximum absolute atomic E-state index is 5.09. The van der Waals surface area contributed by atoms with E-state index in [9.17, 15) is 0 Å². The van der Waals surface area contributed by atoms with Crippen LogP contribution in [0.3, 0.4) is 0 Å². The van der Waals surface area contributed by atoms with E-state index in [0.29, 0.717) is 0 Å². The van der Waals surface area contributed by atoms with Gasteiger partial charge in [0, 0.05) is 5.25 Å². The van der Waals surface area contributed by atoms with Crippen LogP contribution in [0.15, 0.2) is 12.8 Å². The van der Waals surface area contributed by atoms with Crippen molar-refractivity contribution >= 4 is 11.8 Å². The first-order valence-corrected chi connectivity index (χ1v) is 5.32. The fourth-order valence-corrected chi connectivity index (χ4v) is 2.62. The lowest BCUT2D eigenvalue weighted by molar-refractivity contribution is 0.243. The molecule has 0 aromatic carbocycles. The predicted molar refractivity (Wildman–Crippen MR) is 50.9 cm³/mol. The van der Waals surface area contributed by atoms with Gasteiger partial charge in [-0.3, -0.25) is 0 Å². The van der Waals surface area contributed by atoms with Gasteiger partial charge in [-0.05, 0) is 25.0 Å². The van der Waals surface area contributed by atoms with Gasteiger partial charge in [0.2, 0.25) is 0 Å². The second kappa shape index (κ2) is 5.53. The molecule has 0 spiro atoms. The number of hydrogen-bond donors (Lipinski definition) is 0. The summed E-state index contributed by atoms with van der Waals surface area (Å²) in [6, 6.07) is 0. The summed E-state index contributed by atoms with van der Waals surface area (Å²) in [6.45, 7) is 4.36. The Kier molecular flexibility index (Phi) is 4.51. The summed E-state index contributed by atoms with van der Waals surface area (Å²) in [7, 11) is 0. The Morgan fingerprint density at radius 1 is 1.55 bits per heavy atom. The summed E-state index contributed by atoms with van der Waals surface area (Å²) >= 11 is 2.10. The largest absolute Gasteiger partial charge is 0.502 e. The van der Waals surface area contributed by atoms with Gasteiger partial charge in [-0.2, -0.15) is 11.8 Å². The fourth-order valence-electron chi connectivity index (χ4n) is 1.32.